The van der Waals surface area contributed by atoms with E-state index in [-0.39, 0.29) is 17.1 Å². The number of carbonyl (C=O) groups excluding carboxylic acids is 2. The second kappa shape index (κ2) is 7.12. The number of carbonyl (C=O) groups is 2. The highest BCUT2D eigenvalue weighted by molar-refractivity contribution is 7.92. The van der Waals surface area contributed by atoms with Crippen molar-refractivity contribution in [3.05, 3.63) is 48.3 Å². The van der Waals surface area contributed by atoms with Crippen molar-refractivity contribution in [2.45, 2.75) is 18.6 Å². The Morgan fingerprint density at radius 2 is 1.85 bits per heavy atom. The van der Waals surface area contributed by atoms with Crippen molar-refractivity contribution >= 4 is 33.0 Å². The van der Waals surface area contributed by atoms with Crippen molar-refractivity contribution in [3.8, 4) is 5.75 Å². The van der Waals surface area contributed by atoms with E-state index in [0.717, 1.165) is 6.26 Å². The largest absolute Gasteiger partial charge is 0.506 e. The van der Waals surface area contributed by atoms with Crippen molar-refractivity contribution in [1.82, 2.24) is 4.98 Å². The molecule has 0 bridgehead atoms. The van der Waals surface area contributed by atoms with Gasteiger partial charge in [-0.2, -0.15) is 0 Å². The predicted octanol–water partition coefficient (Wildman–Crippen LogP) is 1.80. The zero-order valence-corrected chi connectivity index (χ0v) is 15.3. The standard InChI is InChI=1S/C17H19N3O5S/c1-17(2,26(3,24)25)16(23)19-12-6-7-13(14(21)9-12)20-15(22)11-5-4-8-18-10-11/h4-10,21H,1-3H3,(H,19,23)(H,20,22). The zero-order valence-electron chi connectivity index (χ0n) is 14.5. The summed E-state index contributed by atoms with van der Waals surface area (Å²) in [5.41, 5.74) is 0.655. The van der Waals surface area contributed by atoms with Crippen molar-refractivity contribution in [1.29, 1.82) is 0 Å². The number of phenols is 1. The maximum Gasteiger partial charge on any atom is 0.257 e. The number of hydrogen-bond acceptors (Lipinski definition) is 6. The number of hydrogen-bond donors (Lipinski definition) is 3. The summed E-state index contributed by atoms with van der Waals surface area (Å²) in [5, 5.41) is 15.0. The van der Waals surface area contributed by atoms with Crippen LogP contribution in [0.3, 0.4) is 0 Å². The number of amides is 2. The van der Waals surface area contributed by atoms with E-state index >= 15 is 0 Å². The van der Waals surface area contributed by atoms with E-state index in [1.165, 1.54) is 44.4 Å². The molecule has 1 heterocycles. The first-order valence-corrected chi connectivity index (χ1v) is 9.47. The number of aromatic hydroxyl groups is 1. The van der Waals surface area contributed by atoms with Crippen LogP contribution in [0, 0.1) is 0 Å². The van der Waals surface area contributed by atoms with Gasteiger partial charge in [-0.1, -0.05) is 0 Å². The summed E-state index contributed by atoms with van der Waals surface area (Å²) in [7, 11) is -3.62. The van der Waals surface area contributed by atoms with E-state index in [9.17, 15) is 23.1 Å². The van der Waals surface area contributed by atoms with Crippen LogP contribution in [0.1, 0.15) is 24.2 Å². The molecule has 0 saturated heterocycles. The first kappa shape index (κ1) is 19.4. The molecule has 0 aliphatic heterocycles. The highest BCUT2D eigenvalue weighted by Crippen LogP contribution is 2.28. The van der Waals surface area contributed by atoms with Gasteiger partial charge in [0.2, 0.25) is 5.91 Å². The molecule has 2 aromatic rings. The molecule has 3 N–H and O–H groups in total. The molecule has 0 radical (unpaired) electrons. The Hall–Kier alpha value is -2.94. The van der Waals surface area contributed by atoms with Gasteiger partial charge >= 0.3 is 0 Å². The van der Waals surface area contributed by atoms with Gasteiger partial charge in [0.05, 0.1) is 11.3 Å². The number of rotatable bonds is 5. The summed E-state index contributed by atoms with van der Waals surface area (Å²) in [4.78, 5) is 28.1. The molecule has 1 aromatic heterocycles. The number of pyridine rings is 1. The second-order valence-electron chi connectivity index (χ2n) is 6.16. The average molecular weight is 377 g/mol. The molecule has 8 nitrogen and oxygen atoms in total. The van der Waals surface area contributed by atoms with Gasteiger partial charge in [-0.05, 0) is 38.1 Å². The van der Waals surface area contributed by atoms with Crippen LogP contribution in [0.2, 0.25) is 0 Å². The smallest absolute Gasteiger partial charge is 0.257 e. The van der Waals surface area contributed by atoms with Crippen LogP contribution >= 0.6 is 0 Å². The molecule has 0 saturated carbocycles. The number of nitrogens with one attached hydrogen (secondary N) is 2. The van der Waals surface area contributed by atoms with Gasteiger partial charge in [0, 0.05) is 30.4 Å². The minimum absolute atomic E-state index is 0.138. The second-order valence-corrected chi connectivity index (χ2v) is 8.73. The summed E-state index contributed by atoms with van der Waals surface area (Å²) >= 11 is 0. The van der Waals surface area contributed by atoms with Gasteiger partial charge in [-0.3, -0.25) is 14.6 Å². The number of sulfone groups is 1. The van der Waals surface area contributed by atoms with Crippen molar-refractivity contribution in [3.63, 3.8) is 0 Å². The lowest BCUT2D eigenvalue weighted by atomic mass is 10.1. The molecule has 138 valence electrons. The SMILES string of the molecule is CC(C)(C(=O)Nc1ccc(NC(=O)c2cccnc2)c(O)c1)S(C)(=O)=O. The van der Waals surface area contributed by atoms with E-state index in [2.05, 4.69) is 15.6 Å². The third kappa shape index (κ3) is 4.17. The normalized spacial score (nSPS) is 11.7. The van der Waals surface area contributed by atoms with Gasteiger partial charge in [-0.25, -0.2) is 8.42 Å². The van der Waals surface area contributed by atoms with E-state index in [1.54, 1.807) is 12.1 Å². The molecule has 1 aromatic carbocycles. The van der Waals surface area contributed by atoms with Gasteiger partial charge in [0.15, 0.2) is 9.84 Å². The molecule has 9 heteroatoms. The molecule has 0 atom stereocenters. The van der Waals surface area contributed by atoms with E-state index in [0.29, 0.717) is 5.56 Å². The summed E-state index contributed by atoms with van der Waals surface area (Å²) < 4.78 is 21.8. The molecule has 0 aliphatic carbocycles. The number of nitrogens with zero attached hydrogens (tertiary/aromatic N) is 1. The molecular formula is C17H19N3O5S. The van der Waals surface area contributed by atoms with Crippen LogP contribution in [-0.2, 0) is 14.6 Å². The Morgan fingerprint density at radius 3 is 2.38 bits per heavy atom. The molecular weight excluding hydrogens is 358 g/mol. The van der Waals surface area contributed by atoms with Crippen molar-refractivity contribution < 1.29 is 23.1 Å². The fourth-order valence-corrected chi connectivity index (χ4v) is 2.24. The Morgan fingerprint density at radius 1 is 1.15 bits per heavy atom. The third-order valence-corrected chi connectivity index (χ3v) is 5.94. The maximum atomic E-state index is 12.2. The fraction of sp³-hybridized carbons (Fsp3) is 0.235. The minimum Gasteiger partial charge on any atom is -0.506 e. The lowest BCUT2D eigenvalue weighted by molar-refractivity contribution is -0.117. The van der Waals surface area contributed by atoms with Crippen molar-refractivity contribution in [2.24, 2.45) is 0 Å². The Kier molecular flexibility index (Phi) is 5.31. The van der Waals surface area contributed by atoms with E-state index in [4.69, 9.17) is 0 Å². The summed E-state index contributed by atoms with van der Waals surface area (Å²) in [6.45, 7) is 2.58. The Balaban J connectivity index is 2.15. The van der Waals surface area contributed by atoms with Gasteiger partial charge < -0.3 is 15.7 Å². The van der Waals surface area contributed by atoms with Gasteiger partial charge in [0.25, 0.3) is 5.91 Å². The number of benzene rings is 1. The Bertz CT molecular complexity index is 940. The molecule has 2 rings (SSSR count). The van der Waals surface area contributed by atoms with Crippen LogP contribution in [0.5, 0.6) is 5.75 Å². The van der Waals surface area contributed by atoms with Crippen LogP contribution in [-0.4, -0.2) is 41.3 Å². The quantitative estimate of drug-likeness (QED) is 0.682. The van der Waals surface area contributed by atoms with E-state index in [1.807, 2.05) is 0 Å². The summed E-state index contributed by atoms with van der Waals surface area (Å²) in [6.07, 6.45) is 3.89. The maximum absolute atomic E-state index is 12.2. The zero-order chi connectivity index (χ0) is 19.5. The Labute approximate surface area is 151 Å². The van der Waals surface area contributed by atoms with Crippen LogP contribution < -0.4 is 10.6 Å². The first-order valence-electron chi connectivity index (χ1n) is 7.58. The minimum atomic E-state index is -3.62. The molecule has 0 aliphatic rings. The van der Waals surface area contributed by atoms with Gasteiger partial charge in [-0.15, -0.1) is 0 Å². The lowest BCUT2D eigenvalue weighted by Crippen LogP contribution is -2.43. The first-order chi connectivity index (χ1) is 12.0. The lowest BCUT2D eigenvalue weighted by Gasteiger charge is -2.21. The molecule has 0 spiro atoms. The molecule has 0 fully saturated rings. The number of phenolic OH excluding ortho intramolecular Hbond substituents is 1. The molecule has 26 heavy (non-hydrogen) atoms. The predicted molar refractivity (Wildman–Crippen MR) is 97.8 cm³/mol. The number of anilines is 2. The number of aromatic nitrogens is 1. The monoisotopic (exact) mass is 377 g/mol. The summed E-state index contributed by atoms with van der Waals surface area (Å²) in [6, 6.07) is 7.23. The van der Waals surface area contributed by atoms with Gasteiger partial charge in [0.1, 0.15) is 10.5 Å². The summed E-state index contributed by atoms with van der Waals surface area (Å²) in [5.74, 6) is -1.47. The topological polar surface area (TPSA) is 125 Å². The highest BCUT2D eigenvalue weighted by Gasteiger charge is 2.38. The van der Waals surface area contributed by atoms with E-state index < -0.39 is 26.4 Å². The van der Waals surface area contributed by atoms with Crippen LogP contribution in [0.15, 0.2) is 42.7 Å². The van der Waals surface area contributed by atoms with Crippen molar-refractivity contribution in [2.75, 3.05) is 16.9 Å². The molecule has 2 amide bonds. The highest BCUT2D eigenvalue weighted by atomic mass is 32.2. The van der Waals surface area contributed by atoms with Crippen LogP contribution in [0.4, 0.5) is 11.4 Å². The molecule has 0 unspecified atom stereocenters. The average Bonchev–Trinajstić information content (AvgIpc) is 2.57. The fourth-order valence-electron chi connectivity index (χ4n) is 1.86. The third-order valence-electron chi connectivity index (χ3n) is 3.90. The van der Waals surface area contributed by atoms with Crippen LogP contribution in [0.25, 0.3) is 0 Å².